The Morgan fingerprint density at radius 3 is 2.32 bits per heavy atom. The highest BCUT2D eigenvalue weighted by molar-refractivity contribution is 6.02. The number of piperidine rings is 1. The highest BCUT2D eigenvalue weighted by atomic mass is 16.7. The van der Waals surface area contributed by atoms with Crippen molar-refractivity contribution in [3.63, 3.8) is 0 Å². The molecule has 1 aromatic heterocycles. The summed E-state index contributed by atoms with van der Waals surface area (Å²) in [6.07, 6.45) is 4.71. The molecule has 1 aliphatic heterocycles. The predicted molar refractivity (Wildman–Crippen MR) is 148 cm³/mol. The molecule has 0 aliphatic carbocycles. The van der Waals surface area contributed by atoms with Gasteiger partial charge in [-0.2, -0.15) is 5.06 Å². The number of hydrogen-bond donors (Lipinski definition) is 2. The van der Waals surface area contributed by atoms with Crippen LogP contribution in [-0.2, 0) is 11.3 Å². The molecule has 0 atom stereocenters. The summed E-state index contributed by atoms with van der Waals surface area (Å²) < 4.78 is 7.58. The van der Waals surface area contributed by atoms with Crippen molar-refractivity contribution in [2.75, 3.05) is 26.3 Å². The number of carbonyl (C=O) groups is 1. The minimum absolute atomic E-state index is 0.0830. The number of ether oxygens (including phenoxy) is 1. The van der Waals surface area contributed by atoms with E-state index in [2.05, 4.69) is 5.06 Å². The molecule has 1 saturated heterocycles. The summed E-state index contributed by atoms with van der Waals surface area (Å²) in [7, 11) is 0. The molecule has 38 heavy (non-hydrogen) atoms. The number of hydrogen-bond acceptors (Lipinski definition) is 6. The molecule has 0 bridgehead atoms. The Hall–Kier alpha value is -3.81. The molecule has 0 amide bonds. The molecule has 0 unspecified atom stereocenters. The third-order valence-corrected chi connectivity index (χ3v) is 7.02. The van der Waals surface area contributed by atoms with Gasteiger partial charge in [0.1, 0.15) is 17.2 Å². The van der Waals surface area contributed by atoms with Gasteiger partial charge in [0.2, 0.25) is 5.91 Å². The highest BCUT2D eigenvalue weighted by Crippen LogP contribution is 2.36. The summed E-state index contributed by atoms with van der Waals surface area (Å²) in [4.78, 5) is 19.4. The summed E-state index contributed by atoms with van der Waals surface area (Å²) >= 11 is 0. The average Bonchev–Trinajstić information content (AvgIpc) is 3.22. The molecule has 0 saturated carbocycles. The quantitative estimate of drug-likeness (QED) is 0.263. The molecule has 2 heterocycles. The number of fused-ring (bicyclic) bond motifs is 1. The third kappa shape index (κ3) is 5.85. The second kappa shape index (κ2) is 11.7. The van der Waals surface area contributed by atoms with Gasteiger partial charge < -0.3 is 14.9 Å². The minimum Gasteiger partial charge on any atom is -0.508 e. The molecule has 5 rings (SSSR count). The van der Waals surface area contributed by atoms with E-state index in [1.54, 1.807) is 47.0 Å². The fourth-order valence-corrected chi connectivity index (χ4v) is 5.05. The van der Waals surface area contributed by atoms with E-state index in [1.807, 2.05) is 31.2 Å². The zero-order valence-corrected chi connectivity index (χ0v) is 21.7. The highest BCUT2D eigenvalue weighted by Gasteiger charge is 2.21. The number of aryl methyl sites for hydroxylation is 1. The zero-order chi connectivity index (χ0) is 26.5. The van der Waals surface area contributed by atoms with Crippen LogP contribution in [-0.4, -0.2) is 52.1 Å². The minimum atomic E-state index is -0.0830. The Morgan fingerprint density at radius 2 is 1.58 bits per heavy atom. The number of aromatic nitrogens is 1. The van der Waals surface area contributed by atoms with Crippen molar-refractivity contribution in [2.24, 2.45) is 0 Å². The lowest BCUT2D eigenvalue weighted by molar-refractivity contribution is -0.169. The number of aromatic hydroxyl groups is 2. The van der Waals surface area contributed by atoms with E-state index in [9.17, 15) is 15.0 Å². The van der Waals surface area contributed by atoms with Gasteiger partial charge in [0.15, 0.2) is 0 Å². The molecule has 3 aromatic carbocycles. The number of phenolic OH excluding ortho intramolecular Hbond substituents is 2. The first-order valence-corrected chi connectivity index (χ1v) is 13.3. The van der Waals surface area contributed by atoms with Gasteiger partial charge in [-0.25, -0.2) is 0 Å². The first kappa shape index (κ1) is 25.8. The van der Waals surface area contributed by atoms with Crippen molar-refractivity contribution in [3.8, 4) is 28.5 Å². The van der Waals surface area contributed by atoms with Crippen LogP contribution in [0.5, 0.6) is 17.2 Å². The predicted octanol–water partition coefficient (Wildman–Crippen LogP) is 6.10. The maximum Gasteiger partial charge on any atom is 0.236 e. The van der Waals surface area contributed by atoms with Crippen LogP contribution in [0.15, 0.2) is 66.7 Å². The Balaban J connectivity index is 1.26. The van der Waals surface area contributed by atoms with Crippen LogP contribution in [0.1, 0.15) is 41.6 Å². The third-order valence-electron chi connectivity index (χ3n) is 7.02. The fourth-order valence-electron chi connectivity index (χ4n) is 5.05. The van der Waals surface area contributed by atoms with Crippen LogP contribution in [0, 0.1) is 6.92 Å². The van der Waals surface area contributed by atoms with Crippen molar-refractivity contribution in [1.82, 2.24) is 9.63 Å². The van der Waals surface area contributed by atoms with E-state index in [0.717, 1.165) is 58.5 Å². The molecule has 7 heteroatoms. The average molecular weight is 515 g/mol. The van der Waals surface area contributed by atoms with Crippen LogP contribution >= 0.6 is 0 Å². The van der Waals surface area contributed by atoms with Gasteiger partial charge in [-0.1, -0.05) is 18.6 Å². The summed E-state index contributed by atoms with van der Waals surface area (Å²) in [5.41, 5.74) is 4.08. The van der Waals surface area contributed by atoms with E-state index in [1.165, 1.54) is 19.3 Å². The van der Waals surface area contributed by atoms with E-state index in [4.69, 9.17) is 9.57 Å². The van der Waals surface area contributed by atoms with Crippen molar-refractivity contribution < 1.29 is 24.6 Å². The van der Waals surface area contributed by atoms with Gasteiger partial charge in [-0.05, 0) is 91.1 Å². The van der Waals surface area contributed by atoms with Gasteiger partial charge in [0.05, 0.1) is 30.8 Å². The molecule has 0 spiro atoms. The van der Waals surface area contributed by atoms with Crippen LogP contribution in [0.4, 0.5) is 0 Å². The second-order valence-electron chi connectivity index (χ2n) is 9.80. The van der Waals surface area contributed by atoms with E-state index < -0.39 is 0 Å². The first-order valence-electron chi connectivity index (χ1n) is 13.3. The van der Waals surface area contributed by atoms with Crippen molar-refractivity contribution in [2.45, 2.75) is 39.0 Å². The topological polar surface area (TPSA) is 84.2 Å². The SMILES string of the molecule is Cc1c(-c2ccc(O)cc2)n(C(=O)Cc2ccc(OCCCON3CCCCC3)cc2)c2ccc(O)cc12. The molecule has 1 aliphatic rings. The summed E-state index contributed by atoms with van der Waals surface area (Å²) in [6, 6.07) is 19.5. The van der Waals surface area contributed by atoms with E-state index in [0.29, 0.717) is 13.2 Å². The van der Waals surface area contributed by atoms with Gasteiger partial charge in [-0.15, -0.1) is 0 Å². The van der Waals surface area contributed by atoms with Crippen LogP contribution in [0.2, 0.25) is 0 Å². The lowest BCUT2D eigenvalue weighted by Gasteiger charge is -2.25. The molecule has 4 aromatic rings. The Labute approximate surface area is 222 Å². The lowest BCUT2D eigenvalue weighted by atomic mass is 10.1. The van der Waals surface area contributed by atoms with Crippen LogP contribution in [0.25, 0.3) is 22.2 Å². The smallest absolute Gasteiger partial charge is 0.236 e. The maximum atomic E-state index is 13.6. The number of carbonyl (C=O) groups excluding carboxylic acids is 1. The molecule has 1 fully saturated rings. The fraction of sp³-hybridized carbons (Fsp3) is 0.323. The lowest BCUT2D eigenvalue weighted by Crippen LogP contribution is -2.30. The zero-order valence-electron chi connectivity index (χ0n) is 21.7. The Morgan fingerprint density at radius 1 is 0.868 bits per heavy atom. The van der Waals surface area contributed by atoms with Crippen LogP contribution < -0.4 is 4.74 Å². The molecule has 0 radical (unpaired) electrons. The molecule has 198 valence electrons. The van der Waals surface area contributed by atoms with Crippen molar-refractivity contribution in [1.29, 1.82) is 0 Å². The summed E-state index contributed by atoms with van der Waals surface area (Å²) in [6.45, 7) is 5.19. The maximum absolute atomic E-state index is 13.6. The summed E-state index contributed by atoms with van der Waals surface area (Å²) in [5.74, 6) is 0.994. The standard InChI is InChI=1S/C31H34N2O5/c1-22-28-21-26(35)12-15-29(28)33(31(22)24-8-10-25(34)11-9-24)30(36)20-23-6-13-27(14-7-23)37-18-5-19-38-32-16-3-2-4-17-32/h6-15,21,34-35H,2-5,16-20H2,1H3. The monoisotopic (exact) mass is 514 g/mol. The molecule has 2 N–H and O–H groups in total. The van der Waals surface area contributed by atoms with Crippen molar-refractivity contribution >= 4 is 16.8 Å². The molecular weight excluding hydrogens is 480 g/mol. The van der Waals surface area contributed by atoms with E-state index in [-0.39, 0.29) is 23.8 Å². The second-order valence-corrected chi connectivity index (χ2v) is 9.80. The molecule has 7 nitrogen and oxygen atoms in total. The molecular formula is C31H34N2O5. The van der Waals surface area contributed by atoms with Crippen LogP contribution in [0.3, 0.4) is 0 Å². The van der Waals surface area contributed by atoms with Gasteiger partial charge in [0.25, 0.3) is 0 Å². The number of benzene rings is 3. The van der Waals surface area contributed by atoms with E-state index >= 15 is 0 Å². The summed E-state index contributed by atoms with van der Waals surface area (Å²) in [5, 5.41) is 22.7. The number of nitrogens with zero attached hydrogens (tertiary/aromatic N) is 2. The number of rotatable bonds is 9. The normalized spacial score (nSPS) is 14.1. The number of hydroxylamine groups is 2. The first-order chi connectivity index (χ1) is 18.5. The van der Waals surface area contributed by atoms with Gasteiger partial charge in [-0.3, -0.25) is 14.2 Å². The van der Waals surface area contributed by atoms with Gasteiger partial charge in [0, 0.05) is 24.9 Å². The number of phenols is 2. The Bertz CT molecular complexity index is 1390. The van der Waals surface area contributed by atoms with Gasteiger partial charge >= 0.3 is 0 Å². The Kier molecular flexibility index (Phi) is 7.96. The van der Waals surface area contributed by atoms with Crippen molar-refractivity contribution in [3.05, 3.63) is 77.9 Å². The largest absolute Gasteiger partial charge is 0.508 e.